The first-order chi connectivity index (χ1) is 4.72. The van der Waals surface area contributed by atoms with Crippen LogP contribution in [-0.4, -0.2) is 18.6 Å². The van der Waals surface area contributed by atoms with E-state index in [-0.39, 0.29) is 6.42 Å². The van der Waals surface area contributed by atoms with E-state index < -0.39 is 12.0 Å². The largest absolute Gasteiger partial charge is 0.465 e. The fourth-order valence-corrected chi connectivity index (χ4v) is 0.460. The van der Waals surface area contributed by atoms with Gasteiger partial charge >= 0.3 is 5.97 Å². The molecule has 0 aliphatic rings. The van der Waals surface area contributed by atoms with Gasteiger partial charge in [0.05, 0.1) is 6.61 Å². The van der Waals surface area contributed by atoms with Gasteiger partial charge in [-0.2, -0.15) is 0 Å². The Kier molecular flexibility index (Phi) is 4.34. The van der Waals surface area contributed by atoms with E-state index in [0.717, 1.165) is 0 Å². The van der Waals surface area contributed by atoms with E-state index >= 15 is 0 Å². The van der Waals surface area contributed by atoms with Crippen molar-refractivity contribution in [1.82, 2.24) is 0 Å². The van der Waals surface area contributed by atoms with Gasteiger partial charge in [0, 0.05) is 6.42 Å². The molecule has 2 N–H and O–H groups in total. The maximum Gasteiger partial charge on any atom is 0.323 e. The van der Waals surface area contributed by atoms with Crippen LogP contribution in [0.15, 0.2) is 0 Å². The molecule has 3 nitrogen and oxygen atoms in total. The summed E-state index contributed by atoms with van der Waals surface area (Å²) in [6.45, 7) is 2.07. The molecule has 0 radical (unpaired) electrons. The second-order valence-electron chi connectivity index (χ2n) is 1.77. The van der Waals surface area contributed by atoms with Crippen molar-refractivity contribution in [1.29, 1.82) is 0 Å². The van der Waals surface area contributed by atoms with Crippen molar-refractivity contribution in [2.75, 3.05) is 6.61 Å². The summed E-state index contributed by atoms with van der Waals surface area (Å²) < 4.78 is 4.60. The minimum atomic E-state index is -0.662. The maximum absolute atomic E-state index is 10.7. The predicted octanol–water partition coefficient (Wildman–Crippen LogP) is -0.0999. The third kappa shape index (κ3) is 3.10. The summed E-state index contributed by atoms with van der Waals surface area (Å²) >= 11 is 0. The van der Waals surface area contributed by atoms with E-state index in [2.05, 4.69) is 10.7 Å². The van der Waals surface area contributed by atoms with Crippen molar-refractivity contribution in [2.45, 2.75) is 19.4 Å². The van der Waals surface area contributed by atoms with Gasteiger partial charge in [-0.05, 0) is 6.92 Å². The lowest BCUT2D eigenvalue weighted by atomic mass is 10.2. The Morgan fingerprint density at radius 3 is 2.90 bits per heavy atom. The van der Waals surface area contributed by atoms with Gasteiger partial charge in [0.25, 0.3) is 0 Å². The first-order valence-corrected chi connectivity index (χ1v) is 3.08. The number of esters is 1. The lowest BCUT2D eigenvalue weighted by molar-refractivity contribution is -0.144. The highest BCUT2D eigenvalue weighted by Crippen LogP contribution is 1.89. The molecule has 0 saturated carbocycles. The minimum absolute atomic E-state index is 0.235. The topological polar surface area (TPSA) is 52.3 Å². The van der Waals surface area contributed by atoms with Crippen LogP contribution in [0.3, 0.4) is 0 Å². The minimum Gasteiger partial charge on any atom is -0.465 e. The first kappa shape index (κ1) is 8.99. The number of hydrogen-bond donors (Lipinski definition) is 1. The van der Waals surface area contributed by atoms with Crippen LogP contribution in [-0.2, 0) is 9.53 Å². The molecule has 0 aliphatic heterocycles. The van der Waals surface area contributed by atoms with Gasteiger partial charge < -0.3 is 10.5 Å². The third-order valence-corrected chi connectivity index (χ3v) is 0.927. The third-order valence-electron chi connectivity index (χ3n) is 0.927. The molecular formula is C7H11NO2. The SMILES string of the molecule is C#CCC(N)C(=O)OCC. The molecule has 1 unspecified atom stereocenters. The number of hydrogen-bond acceptors (Lipinski definition) is 3. The van der Waals surface area contributed by atoms with E-state index in [0.29, 0.717) is 6.61 Å². The van der Waals surface area contributed by atoms with Gasteiger partial charge in [-0.1, -0.05) is 0 Å². The normalized spacial score (nSPS) is 11.7. The summed E-state index contributed by atoms with van der Waals surface area (Å²) in [7, 11) is 0. The fourth-order valence-electron chi connectivity index (χ4n) is 0.460. The Morgan fingerprint density at radius 2 is 2.50 bits per heavy atom. The van der Waals surface area contributed by atoms with Crippen LogP contribution >= 0.6 is 0 Å². The Balaban J connectivity index is 3.62. The first-order valence-electron chi connectivity index (χ1n) is 3.08. The van der Waals surface area contributed by atoms with Gasteiger partial charge in [0.2, 0.25) is 0 Å². The van der Waals surface area contributed by atoms with Gasteiger partial charge in [-0.3, -0.25) is 4.79 Å². The van der Waals surface area contributed by atoms with E-state index in [1.54, 1.807) is 6.92 Å². The quantitative estimate of drug-likeness (QED) is 0.441. The Bertz CT molecular complexity index is 148. The highest BCUT2D eigenvalue weighted by atomic mass is 16.5. The molecule has 10 heavy (non-hydrogen) atoms. The van der Waals surface area contributed by atoms with Crippen LogP contribution in [0.5, 0.6) is 0 Å². The average molecular weight is 141 g/mol. The van der Waals surface area contributed by atoms with Gasteiger partial charge in [0.1, 0.15) is 6.04 Å². The lowest BCUT2D eigenvalue weighted by Crippen LogP contribution is -2.31. The molecule has 0 aromatic heterocycles. The van der Waals surface area contributed by atoms with Crippen LogP contribution in [0.4, 0.5) is 0 Å². The molecule has 0 aromatic rings. The van der Waals surface area contributed by atoms with E-state index in [1.807, 2.05) is 0 Å². The Labute approximate surface area is 60.5 Å². The molecule has 0 heterocycles. The maximum atomic E-state index is 10.7. The monoisotopic (exact) mass is 141 g/mol. The standard InChI is InChI=1S/C7H11NO2/c1-3-5-6(8)7(9)10-4-2/h1,6H,4-5,8H2,2H3. The van der Waals surface area contributed by atoms with Crippen molar-refractivity contribution < 1.29 is 9.53 Å². The van der Waals surface area contributed by atoms with Crippen molar-refractivity contribution in [3.63, 3.8) is 0 Å². The van der Waals surface area contributed by atoms with Crippen LogP contribution in [0, 0.1) is 12.3 Å². The Morgan fingerprint density at radius 1 is 1.90 bits per heavy atom. The van der Waals surface area contributed by atoms with Crippen LogP contribution in [0.2, 0.25) is 0 Å². The number of carbonyl (C=O) groups excluding carboxylic acids is 1. The average Bonchev–Trinajstić information content (AvgIpc) is 1.89. The summed E-state index contributed by atoms with van der Waals surface area (Å²) in [4.78, 5) is 10.7. The van der Waals surface area contributed by atoms with Crippen molar-refractivity contribution in [3.05, 3.63) is 0 Å². The van der Waals surface area contributed by atoms with E-state index in [9.17, 15) is 4.79 Å². The van der Waals surface area contributed by atoms with Crippen LogP contribution < -0.4 is 5.73 Å². The summed E-state index contributed by atoms with van der Waals surface area (Å²) in [5.41, 5.74) is 5.30. The second-order valence-corrected chi connectivity index (χ2v) is 1.77. The molecule has 56 valence electrons. The second kappa shape index (κ2) is 4.83. The zero-order chi connectivity index (χ0) is 7.98. The highest BCUT2D eigenvalue weighted by Gasteiger charge is 2.11. The Hall–Kier alpha value is -1.01. The molecule has 0 aromatic carbocycles. The molecule has 1 atom stereocenters. The molecular weight excluding hydrogens is 130 g/mol. The van der Waals surface area contributed by atoms with E-state index in [1.165, 1.54) is 0 Å². The van der Waals surface area contributed by atoms with Crippen LogP contribution in [0.25, 0.3) is 0 Å². The molecule has 0 bridgehead atoms. The molecule has 0 aliphatic carbocycles. The molecule has 0 amide bonds. The number of ether oxygens (including phenoxy) is 1. The van der Waals surface area contributed by atoms with E-state index in [4.69, 9.17) is 12.2 Å². The van der Waals surface area contributed by atoms with Crippen LogP contribution in [0.1, 0.15) is 13.3 Å². The molecule has 0 saturated heterocycles. The molecule has 0 spiro atoms. The van der Waals surface area contributed by atoms with Gasteiger partial charge in [0.15, 0.2) is 0 Å². The molecule has 0 rings (SSSR count). The number of nitrogens with two attached hydrogens (primary N) is 1. The highest BCUT2D eigenvalue weighted by molar-refractivity contribution is 5.75. The number of rotatable bonds is 3. The number of carbonyl (C=O) groups is 1. The van der Waals surface area contributed by atoms with Gasteiger partial charge in [-0.15, -0.1) is 12.3 Å². The van der Waals surface area contributed by atoms with Crippen molar-refractivity contribution in [3.8, 4) is 12.3 Å². The summed E-state index contributed by atoms with van der Waals surface area (Å²) in [5, 5.41) is 0. The van der Waals surface area contributed by atoms with Crippen molar-refractivity contribution >= 4 is 5.97 Å². The lowest BCUT2D eigenvalue weighted by Gasteiger charge is -2.05. The zero-order valence-electron chi connectivity index (χ0n) is 5.96. The summed E-state index contributed by atoms with van der Waals surface area (Å²) in [6, 6.07) is -0.662. The summed E-state index contributed by atoms with van der Waals surface area (Å²) in [5.74, 6) is 1.85. The van der Waals surface area contributed by atoms with Gasteiger partial charge in [-0.25, -0.2) is 0 Å². The smallest absolute Gasteiger partial charge is 0.323 e. The van der Waals surface area contributed by atoms with Crippen molar-refractivity contribution in [2.24, 2.45) is 5.73 Å². The zero-order valence-corrected chi connectivity index (χ0v) is 5.96. The fraction of sp³-hybridized carbons (Fsp3) is 0.571. The molecule has 0 fully saturated rings. The number of terminal acetylenes is 1. The predicted molar refractivity (Wildman–Crippen MR) is 38.1 cm³/mol. The molecule has 3 heteroatoms. The summed E-state index contributed by atoms with van der Waals surface area (Å²) in [6.07, 6.45) is 5.16.